The number of furan rings is 1. The van der Waals surface area contributed by atoms with E-state index in [2.05, 4.69) is 4.98 Å². The molecule has 6 nitrogen and oxygen atoms in total. The van der Waals surface area contributed by atoms with Gasteiger partial charge in [0.1, 0.15) is 21.9 Å². The number of hydrogen-bond acceptors (Lipinski definition) is 6. The molecule has 0 bridgehead atoms. The second-order valence-corrected chi connectivity index (χ2v) is 6.52. The number of carbonyl (C=O) groups is 1. The Balaban J connectivity index is 2.02. The number of rotatable bonds is 3. The quantitative estimate of drug-likeness (QED) is 0.690. The average molecular weight is 332 g/mol. The molecule has 0 saturated heterocycles. The number of esters is 1. The first-order chi connectivity index (χ1) is 10.9. The number of ether oxygens (including phenoxy) is 1. The number of methoxy groups -OCH3 is 1. The van der Waals surface area contributed by atoms with Gasteiger partial charge < -0.3 is 9.15 Å². The largest absolute Gasteiger partial charge is 0.465 e. The summed E-state index contributed by atoms with van der Waals surface area (Å²) >= 11 is 1.51. The molecule has 23 heavy (non-hydrogen) atoms. The third kappa shape index (κ3) is 2.57. The maximum Gasteiger partial charge on any atom is 0.341 e. The molecule has 0 amide bonds. The second-order valence-electron chi connectivity index (χ2n) is 5.32. The average Bonchev–Trinajstić information content (AvgIpc) is 3.02. The van der Waals surface area contributed by atoms with Crippen molar-refractivity contribution >= 4 is 27.5 Å². The summed E-state index contributed by atoms with van der Waals surface area (Å²) in [5.41, 5.74) is 1.22. The van der Waals surface area contributed by atoms with Gasteiger partial charge in [0, 0.05) is 4.88 Å². The number of carbonyl (C=O) groups excluding carboxylic acids is 1. The lowest BCUT2D eigenvalue weighted by Gasteiger charge is -2.03. The Bertz CT molecular complexity index is 965. The molecule has 0 radical (unpaired) electrons. The maximum absolute atomic E-state index is 12.6. The molecule has 0 aliphatic heterocycles. The molecule has 3 aromatic rings. The fourth-order valence-corrected chi connectivity index (χ4v) is 3.47. The predicted molar refractivity (Wildman–Crippen MR) is 87.2 cm³/mol. The molecule has 0 fully saturated rings. The lowest BCUT2D eigenvalue weighted by molar-refractivity contribution is 0.0599. The van der Waals surface area contributed by atoms with Crippen LogP contribution >= 0.6 is 11.3 Å². The molecule has 0 aromatic carbocycles. The molecule has 0 aliphatic carbocycles. The van der Waals surface area contributed by atoms with Crippen LogP contribution in [0.2, 0.25) is 0 Å². The number of thiophene rings is 1. The van der Waals surface area contributed by atoms with Crippen LogP contribution in [0.25, 0.3) is 10.2 Å². The molecule has 7 heteroatoms. The minimum absolute atomic E-state index is 0.106. The summed E-state index contributed by atoms with van der Waals surface area (Å²) in [6.45, 7) is 5.80. The van der Waals surface area contributed by atoms with Crippen LogP contribution < -0.4 is 5.56 Å². The first-order valence-corrected chi connectivity index (χ1v) is 7.86. The molecule has 120 valence electrons. The van der Waals surface area contributed by atoms with Crippen LogP contribution in [-0.4, -0.2) is 22.6 Å². The van der Waals surface area contributed by atoms with Gasteiger partial charge in [-0.3, -0.25) is 9.36 Å². The van der Waals surface area contributed by atoms with E-state index in [1.807, 2.05) is 13.8 Å². The highest BCUT2D eigenvalue weighted by atomic mass is 32.1. The van der Waals surface area contributed by atoms with E-state index >= 15 is 0 Å². The van der Waals surface area contributed by atoms with Crippen LogP contribution in [0.1, 0.15) is 32.3 Å². The van der Waals surface area contributed by atoms with Gasteiger partial charge in [0.15, 0.2) is 0 Å². The highest BCUT2D eigenvalue weighted by Gasteiger charge is 2.17. The van der Waals surface area contributed by atoms with Gasteiger partial charge in [0.05, 0.1) is 25.4 Å². The lowest BCUT2D eigenvalue weighted by Crippen LogP contribution is -2.20. The van der Waals surface area contributed by atoms with E-state index in [4.69, 9.17) is 9.15 Å². The van der Waals surface area contributed by atoms with Gasteiger partial charge in [0.2, 0.25) is 0 Å². The van der Waals surface area contributed by atoms with E-state index < -0.39 is 5.97 Å². The second kappa shape index (κ2) is 5.66. The molecular weight excluding hydrogens is 316 g/mol. The Kier molecular flexibility index (Phi) is 3.81. The normalized spacial score (nSPS) is 11.1. The number of aromatic nitrogens is 2. The minimum Gasteiger partial charge on any atom is -0.465 e. The highest BCUT2D eigenvalue weighted by Crippen LogP contribution is 2.25. The molecule has 3 rings (SSSR count). The van der Waals surface area contributed by atoms with E-state index in [-0.39, 0.29) is 12.1 Å². The van der Waals surface area contributed by atoms with Crippen LogP contribution in [-0.2, 0) is 11.3 Å². The van der Waals surface area contributed by atoms with Crippen molar-refractivity contribution in [2.24, 2.45) is 0 Å². The van der Waals surface area contributed by atoms with E-state index in [0.717, 1.165) is 15.3 Å². The zero-order valence-electron chi connectivity index (χ0n) is 13.3. The Morgan fingerprint density at radius 1 is 1.39 bits per heavy atom. The third-order valence-electron chi connectivity index (χ3n) is 3.86. The Labute approximate surface area is 136 Å². The maximum atomic E-state index is 12.6. The van der Waals surface area contributed by atoms with Gasteiger partial charge in [-0.25, -0.2) is 9.78 Å². The molecule has 3 heterocycles. The number of aryl methyl sites for hydroxylation is 3. The van der Waals surface area contributed by atoms with Gasteiger partial charge in [-0.05, 0) is 32.4 Å². The fourth-order valence-electron chi connectivity index (χ4n) is 2.48. The van der Waals surface area contributed by atoms with Crippen molar-refractivity contribution in [1.82, 2.24) is 9.55 Å². The number of nitrogens with zero attached hydrogens (tertiary/aromatic N) is 2. The van der Waals surface area contributed by atoms with Crippen molar-refractivity contribution in [3.05, 3.63) is 50.3 Å². The van der Waals surface area contributed by atoms with Crippen molar-refractivity contribution in [3.63, 3.8) is 0 Å². The molecule has 0 N–H and O–H groups in total. The van der Waals surface area contributed by atoms with Crippen molar-refractivity contribution in [2.75, 3.05) is 7.11 Å². The zero-order chi connectivity index (χ0) is 16.7. The third-order valence-corrected chi connectivity index (χ3v) is 4.97. The van der Waals surface area contributed by atoms with Gasteiger partial charge in [0.25, 0.3) is 5.56 Å². The van der Waals surface area contributed by atoms with E-state index in [1.54, 1.807) is 13.0 Å². The van der Waals surface area contributed by atoms with Crippen LogP contribution in [0, 0.1) is 20.8 Å². The highest BCUT2D eigenvalue weighted by molar-refractivity contribution is 7.18. The summed E-state index contributed by atoms with van der Waals surface area (Å²) in [5, 5.41) is 0.645. The Morgan fingerprint density at radius 2 is 2.13 bits per heavy atom. The van der Waals surface area contributed by atoms with E-state index in [9.17, 15) is 9.59 Å². The monoisotopic (exact) mass is 332 g/mol. The smallest absolute Gasteiger partial charge is 0.341 e. The summed E-state index contributed by atoms with van der Waals surface area (Å²) in [6, 6.07) is 1.60. The van der Waals surface area contributed by atoms with Crippen LogP contribution in [0.5, 0.6) is 0 Å². The Morgan fingerprint density at radius 3 is 2.83 bits per heavy atom. The minimum atomic E-state index is -0.456. The van der Waals surface area contributed by atoms with Crippen LogP contribution in [0.4, 0.5) is 0 Å². The Hall–Kier alpha value is -2.41. The number of fused-ring (bicyclic) bond motifs is 1. The zero-order valence-corrected chi connectivity index (χ0v) is 14.1. The molecule has 0 aliphatic rings. The summed E-state index contributed by atoms with van der Waals surface area (Å²) in [6.07, 6.45) is 1.51. The summed E-state index contributed by atoms with van der Waals surface area (Å²) < 4.78 is 11.7. The van der Waals surface area contributed by atoms with E-state index in [0.29, 0.717) is 22.5 Å². The predicted octanol–water partition coefficient (Wildman–Crippen LogP) is 2.81. The lowest BCUT2D eigenvalue weighted by atomic mass is 10.2. The topological polar surface area (TPSA) is 74.3 Å². The van der Waals surface area contributed by atoms with Crippen LogP contribution in [0.3, 0.4) is 0 Å². The molecule has 0 atom stereocenters. The van der Waals surface area contributed by atoms with Gasteiger partial charge in [-0.1, -0.05) is 0 Å². The summed E-state index contributed by atoms with van der Waals surface area (Å²) in [5.74, 6) is 0.523. The first kappa shape index (κ1) is 15.5. The van der Waals surface area contributed by atoms with Gasteiger partial charge in [-0.15, -0.1) is 11.3 Å². The first-order valence-electron chi connectivity index (χ1n) is 7.05. The van der Waals surface area contributed by atoms with Crippen molar-refractivity contribution < 1.29 is 13.9 Å². The van der Waals surface area contributed by atoms with Gasteiger partial charge in [-0.2, -0.15) is 0 Å². The molecule has 3 aromatic heterocycles. The van der Waals surface area contributed by atoms with E-state index in [1.165, 1.54) is 29.3 Å². The fraction of sp³-hybridized carbons (Fsp3) is 0.312. The summed E-state index contributed by atoms with van der Waals surface area (Å²) in [4.78, 5) is 30.5. The molecule has 0 saturated carbocycles. The van der Waals surface area contributed by atoms with Crippen molar-refractivity contribution in [1.29, 1.82) is 0 Å². The molecule has 0 spiro atoms. The standard InChI is InChI=1S/C16H16N2O4S/c1-8-10(3)23-14-13(8)15(19)18(7-17-14)6-11-5-12(9(2)22-11)16(20)21-4/h5,7H,6H2,1-4H3. The van der Waals surface area contributed by atoms with Crippen molar-refractivity contribution in [2.45, 2.75) is 27.3 Å². The van der Waals surface area contributed by atoms with Gasteiger partial charge >= 0.3 is 5.97 Å². The summed E-state index contributed by atoms with van der Waals surface area (Å²) in [7, 11) is 1.32. The van der Waals surface area contributed by atoms with Crippen molar-refractivity contribution in [3.8, 4) is 0 Å². The molecular formula is C16H16N2O4S. The number of hydrogen-bond donors (Lipinski definition) is 0. The SMILES string of the molecule is COC(=O)c1cc(Cn2cnc3sc(C)c(C)c3c2=O)oc1C. The van der Waals surface area contributed by atoms with Crippen LogP contribution in [0.15, 0.2) is 21.6 Å². The molecule has 0 unspecified atom stereocenters.